The van der Waals surface area contributed by atoms with Gasteiger partial charge in [0.25, 0.3) is 0 Å². The van der Waals surface area contributed by atoms with Gasteiger partial charge in [-0.05, 0) is 43.7 Å². The molecule has 2 rings (SSSR count). The first kappa shape index (κ1) is 14.3. The summed E-state index contributed by atoms with van der Waals surface area (Å²) in [6, 6.07) is 6.95. The van der Waals surface area contributed by atoms with Crippen molar-refractivity contribution in [2.45, 2.75) is 19.4 Å². The van der Waals surface area contributed by atoms with E-state index in [-0.39, 0.29) is 18.5 Å². The zero-order chi connectivity index (χ0) is 13.8. The molecule has 1 N–H and O–H groups in total. The Hall–Kier alpha value is -1.13. The first-order valence-corrected chi connectivity index (χ1v) is 6.91. The second-order valence-corrected chi connectivity index (χ2v) is 5.62. The fourth-order valence-corrected chi connectivity index (χ4v) is 2.95. The van der Waals surface area contributed by atoms with Crippen LogP contribution in [-0.2, 0) is 0 Å². The molecule has 0 spiro atoms. The molecule has 1 saturated heterocycles. The third-order valence-corrected chi connectivity index (χ3v) is 3.72. The molecule has 2 atom stereocenters. The second kappa shape index (κ2) is 6.35. The van der Waals surface area contributed by atoms with Crippen LogP contribution >= 0.6 is 0 Å². The largest absolute Gasteiger partial charge is 0.396 e. The van der Waals surface area contributed by atoms with E-state index in [0.29, 0.717) is 5.92 Å². The van der Waals surface area contributed by atoms with Gasteiger partial charge in [-0.25, -0.2) is 4.39 Å². The van der Waals surface area contributed by atoms with Gasteiger partial charge < -0.3 is 14.9 Å². The topological polar surface area (TPSA) is 26.7 Å². The van der Waals surface area contributed by atoms with Gasteiger partial charge in [-0.15, -0.1) is 0 Å². The summed E-state index contributed by atoms with van der Waals surface area (Å²) in [7, 11) is 2.12. The third kappa shape index (κ3) is 3.67. The molecule has 0 amide bonds. The average Bonchev–Trinajstić information content (AvgIpc) is 2.49. The maximum Gasteiger partial charge on any atom is 0.123 e. The monoisotopic (exact) mass is 266 g/mol. The Labute approximate surface area is 114 Å². The van der Waals surface area contributed by atoms with Gasteiger partial charge in [0.2, 0.25) is 0 Å². The molecule has 1 aromatic carbocycles. The lowest BCUT2D eigenvalue weighted by molar-refractivity contribution is 0.250. The van der Waals surface area contributed by atoms with Crippen molar-refractivity contribution in [1.29, 1.82) is 0 Å². The van der Waals surface area contributed by atoms with Crippen LogP contribution in [0.5, 0.6) is 0 Å². The number of hydrogen-bond acceptors (Lipinski definition) is 3. The van der Waals surface area contributed by atoms with Gasteiger partial charge in [0.05, 0.1) is 0 Å². The number of hydrogen-bond donors (Lipinski definition) is 1. The Kier molecular flexibility index (Phi) is 4.77. The number of aliphatic hydroxyl groups excluding tert-OH is 1. The van der Waals surface area contributed by atoms with Crippen LogP contribution < -0.4 is 4.90 Å². The SMILES string of the molecule is CC1CN(C)CC(CCO)N(c2ccc(F)cc2)C1. The molecule has 1 aliphatic rings. The lowest BCUT2D eigenvalue weighted by Gasteiger charge is -2.33. The van der Waals surface area contributed by atoms with Gasteiger partial charge in [-0.3, -0.25) is 0 Å². The van der Waals surface area contributed by atoms with Crippen LogP contribution in [-0.4, -0.2) is 49.3 Å². The fourth-order valence-electron chi connectivity index (χ4n) is 2.95. The first-order valence-electron chi connectivity index (χ1n) is 6.91. The van der Waals surface area contributed by atoms with Crippen LogP contribution in [0.2, 0.25) is 0 Å². The number of nitrogens with zero attached hydrogens (tertiary/aromatic N) is 2. The van der Waals surface area contributed by atoms with E-state index in [1.54, 1.807) is 0 Å². The molecular weight excluding hydrogens is 243 g/mol. The zero-order valence-corrected chi connectivity index (χ0v) is 11.7. The van der Waals surface area contributed by atoms with E-state index in [1.807, 2.05) is 12.1 Å². The van der Waals surface area contributed by atoms with E-state index in [4.69, 9.17) is 0 Å². The smallest absolute Gasteiger partial charge is 0.123 e. The summed E-state index contributed by atoms with van der Waals surface area (Å²) in [4.78, 5) is 4.62. The average molecular weight is 266 g/mol. The Bertz CT molecular complexity index is 396. The Balaban J connectivity index is 2.23. The molecule has 0 aliphatic carbocycles. The summed E-state index contributed by atoms with van der Waals surface area (Å²) in [5.74, 6) is 0.348. The number of anilines is 1. The van der Waals surface area contributed by atoms with E-state index in [9.17, 15) is 9.50 Å². The van der Waals surface area contributed by atoms with Gasteiger partial charge in [0.1, 0.15) is 5.82 Å². The molecule has 0 aromatic heterocycles. The summed E-state index contributed by atoms with van der Waals surface area (Å²) in [5, 5.41) is 9.27. The molecule has 0 radical (unpaired) electrons. The standard InChI is InChI=1S/C15H23FN2O/c1-12-9-17(2)11-15(7-8-19)18(10-12)14-5-3-13(16)4-6-14/h3-6,12,15,19H,7-11H2,1-2H3. The Morgan fingerprint density at radius 2 is 1.89 bits per heavy atom. The minimum Gasteiger partial charge on any atom is -0.396 e. The summed E-state index contributed by atoms with van der Waals surface area (Å²) in [5.41, 5.74) is 1.04. The highest BCUT2D eigenvalue weighted by Gasteiger charge is 2.26. The highest BCUT2D eigenvalue weighted by Crippen LogP contribution is 2.24. The Morgan fingerprint density at radius 1 is 1.21 bits per heavy atom. The van der Waals surface area contributed by atoms with Crippen LogP contribution in [0, 0.1) is 11.7 Å². The molecular formula is C15H23FN2O. The van der Waals surface area contributed by atoms with Crippen LogP contribution in [0.25, 0.3) is 0 Å². The molecule has 106 valence electrons. The molecule has 19 heavy (non-hydrogen) atoms. The molecule has 0 bridgehead atoms. The number of likely N-dealkylation sites (N-methyl/N-ethyl adjacent to an activating group) is 1. The second-order valence-electron chi connectivity index (χ2n) is 5.62. The normalized spacial score (nSPS) is 25.4. The molecule has 2 unspecified atom stereocenters. The van der Waals surface area contributed by atoms with Crippen molar-refractivity contribution < 1.29 is 9.50 Å². The van der Waals surface area contributed by atoms with E-state index in [1.165, 1.54) is 12.1 Å². The van der Waals surface area contributed by atoms with Crippen molar-refractivity contribution in [3.8, 4) is 0 Å². The van der Waals surface area contributed by atoms with Crippen molar-refractivity contribution in [3.05, 3.63) is 30.1 Å². The van der Waals surface area contributed by atoms with Crippen molar-refractivity contribution in [3.63, 3.8) is 0 Å². The van der Waals surface area contributed by atoms with Crippen molar-refractivity contribution in [2.24, 2.45) is 5.92 Å². The van der Waals surface area contributed by atoms with Crippen molar-refractivity contribution in [2.75, 3.05) is 38.2 Å². The van der Waals surface area contributed by atoms with Crippen LogP contribution in [0.1, 0.15) is 13.3 Å². The van der Waals surface area contributed by atoms with Crippen molar-refractivity contribution in [1.82, 2.24) is 4.90 Å². The predicted molar refractivity (Wildman–Crippen MR) is 75.9 cm³/mol. The summed E-state index contributed by atoms with van der Waals surface area (Å²) < 4.78 is 13.1. The molecule has 0 saturated carbocycles. The summed E-state index contributed by atoms with van der Waals surface area (Å²) in [6.07, 6.45) is 0.744. The number of halogens is 1. The van der Waals surface area contributed by atoms with Gasteiger partial charge in [-0.2, -0.15) is 0 Å². The van der Waals surface area contributed by atoms with Gasteiger partial charge >= 0.3 is 0 Å². The fraction of sp³-hybridized carbons (Fsp3) is 0.600. The molecule has 1 fully saturated rings. The van der Waals surface area contributed by atoms with Crippen LogP contribution in [0.15, 0.2) is 24.3 Å². The van der Waals surface area contributed by atoms with Gasteiger partial charge in [-0.1, -0.05) is 6.92 Å². The summed E-state index contributed by atoms with van der Waals surface area (Å²) >= 11 is 0. The van der Waals surface area contributed by atoms with Crippen LogP contribution in [0.3, 0.4) is 0 Å². The zero-order valence-electron chi connectivity index (χ0n) is 11.7. The predicted octanol–water partition coefficient (Wildman–Crippen LogP) is 1.96. The lowest BCUT2D eigenvalue weighted by Crippen LogP contribution is -2.41. The number of aliphatic hydroxyl groups is 1. The molecule has 1 heterocycles. The molecule has 1 aliphatic heterocycles. The maximum atomic E-state index is 13.1. The first-order chi connectivity index (χ1) is 9.10. The quantitative estimate of drug-likeness (QED) is 0.906. The number of benzene rings is 1. The highest BCUT2D eigenvalue weighted by atomic mass is 19.1. The summed E-state index contributed by atoms with van der Waals surface area (Å²) in [6.45, 7) is 5.35. The van der Waals surface area contributed by atoms with E-state index in [0.717, 1.165) is 31.7 Å². The van der Waals surface area contributed by atoms with E-state index < -0.39 is 0 Å². The molecule has 3 nitrogen and oxygen atoms in total. The van der Waals surface area contributed by atoms with Crippen LogP contribution in [0.4, 0.5) is 10.1 Å². The van der Waals surface area contributed by atoms with Gasteiger partial charge in [0, 0.05) is 38.0 Å². The lowest BCUT2D eigenvalue weighted by atomic mass is 10.1. The Morgan fingerprint density at radius 3 is 2.53 bits per heavy atom. The molecule has 1 aromatic rings. The minimum absolute atomic E-state index is 0.185. The van der Waals surface area contributed by atoms with E-state index >= 15 is 0 Å². The van der Waals surface area contributed by atoms with Crippen molar-refractivity contribution >= 4 is 5.69 Å². The maximum absolute atomic E-state index is 13.1. The molecule has 4 heteroatoms. The minimum atomic E-state index is -0.206. The third-order valence-electron chi connectivity index (χ3n) is 3.72. The highest BCUT2D eigenvalue weighted by molar-refractivity contribution is 5.47. The van der Waals surface area contributed by atoms with Gasteiger partial charge in [0.15, 0.2) is 0 Å². The van der Waals surface area contributed by atoms with E-state index in [2.05, 4.69) is 23.8 Å². The number of rotatable bonds is 3.